The lowest BCUT2D eigenvalue weighted by molar-refractivity contribution is -0.120. The van der Waals surface area contributed by atoms with Crippen molar-refractivity contribution >= 4 is 23.1 Å². The van der Waals surface area contributed by atoms with Crippen LogP contribution < -0.4 is 4.90 Å². The molecule has 132 valence electrons. The molecule has 0 bridgehead atoms. The van der Waals surface area contributed by atoms with Gasteiger partial charge in [-0.25, -0.2) is 9.29 Å². The first-order valence-corrected chi connectivity index (χ1v) is 8.77. The van der Waals surface area contributed by atoms with Gasteiger partial charge in [0.1, 0.15) is 11.5 Å². The second kappa shape index (κ2) is 6.41. The predicted molar refractivity (Wildman–Crippen MR) is 97.8 cm³/mol. The van der Waals surface area contributed by atoms with Crippen LogP contribution in [0, 0.1) is 12.7 Å². The van der Waals surface area contributed by atoms with Crippen LogP contribution in [0.2, 0.25) is 0 Å². The second-order valence-corrected chi connectivity index (χ2v) is 6.66. The number of halogens is 1. The van der Waals surface area contributed by atoms with Crippen LogP contribution in [0.25, 0.3) is 5.57 Å². The molecule has 0 radical (unpaired) electrons. The third-order valence-electron chi connectivity index (χ3n) is 4.97. The zero-order valence-electron chi connectivity index (χ0n) is 14.5. The number of hydrogen-bond acceptors (Lipinski definition) is 3. The van der Waals surface area contributed by atoms with Crippen LogP contribution in [0.3, 0.4) is 0 Å². The Balaban J connectivity index is 1.86. The van der Waals surface area contributed by atoms with Crippen molar-refractivity contribution in [2.45, 2.75) is 19.8 Å². The molecule has 26 heavy (non-hydrogen) atoms. The van der Waals surface area contributed by atoms with Crippen molar-refractivity contribution < 1.29 is 14.0 Å². The largest absolute Gasteiger partial charge is 0.366 e. The Morgan fingerprint density at radius 2 is 1.54 bits per heavy atom. The van der Waals surface area contributed by atoms with E-state index in [2.05, 4.69) is 0 Å². The molecule has 0 atom stereocenters. The number of carbonyl (C=O) groups excluding carboxylic acids is 2. The summed E-state index contributed by atoms with van der Waals surface area (Å²) in [5.41, 5.74) is 2.82. The first-order chi connectivity index (χ1) is 12.6. The fourth-order valence-corrected chi connectivity index (χ4v) is 3.66. The van der Waals surface area contributed by atoms with E-state index in [-0.39, 0.29) is 17.6 Å². The summed E-state index contributed by atoms with van der Waals surface area (Å²) in [4.78, 5) is 29.7. The van der Waals surface area contributed by atoms with Crippen LogP contribution in [-0.4, -0.2) is 29.8 Å². The highest BCUT2D eigenvalue weighted by atomic mass is 19.1. The van der Waals surface area contributed by atoms with E-state index in [1.807, 2.05) is 30.0 Å². The van der Waals surface area contributed by atoms with E-state index in [4.69, 9.17) is 0 Å². The zero-order chi connectivity index (χ0) is 18.3. The summed E-state index contributed by atoms with van der Waals surface area (Å²) < 4.78 is 13.4. The van der Waals surface area contributed by atoms with Crippen molar-refractivity contribution in [1.82, 2.24) is 4.90 Å². The second-order valence-electron chi connectivity index (χ2n) is 6.66. The number of anilines is 1. The maximum absolute atomic E-state index is 13.4. The Labute approximate surface area is 151 Å². The number of rotatable bonds is 3. The maximum Gasteiger partial charge on any atom is 0.282 e. The SMILES string of the molecule is Cc1ccccc1N1C(=O)C(c2ccc(F)cc2)=C(N2CCCC2)C1=O. The van der Waals surface area contributed by atoms with Crippen LogP contribution in [0.5, 0.6) is 0 Å². The molecule has 0 aliphatic carbocycles. The standard InChI is InChI=1S/C21H19FN2O2/c1-14-6-2-3-7-17(14)24-20(25)18(15-8-10-16(22)11-9-15)19(21(24)26)23-12-4-5-13-23/h2-3,6-11H,4-5,12-13H2,1H3. The quantitative estimate of drug-likeness (QED) is 0.796. The normalized spacial score (nSPS) is 17.6. The van der Waals surface area contributed by atoms with E-state index in [0.29, 0.717) is 22.5 Å². The molecule has 5 heteroatoms. The van der Waals surface area contributed by atoms with Gasteiger partial charge in [0, 0.05) is 13.1 Å². The molecule has 0 aromatic heterocycles. The molecule has 0 spiro atoms. The molecule has 2 heterocycles. The number of aryl methyl sites for hydroxylation is 1. The molecule has 4 nitrogen and oxygen atoms in total. The maximum atomic E-state index is 13.4. The van der Waals surface area contributed by atoms with Crippen LogP contribution in [-0.2, 0) is 9.59 Å². The molecule has 2 aliphatic rings. The van der Waals surface area contributed by atoms with E-state index >= 15 is 0 Å². The van der Waals surface area contributed by atoms with E-state index in [1.165, 1.54) is 17.0 Å². The number of likely N-dealkylation sites (tertiary alicyclic amines) is 1. The zero-order valence-corrected chi connectivity index (χ0v) is 14.5. The summed E-state index contributed by atoms with van der Waals surface area (Å²) in [5, 5.41) is 0. The monoisotopic (exact) mass is 350 g/mol. The van der Waals surface area contributed by atoms with E-state index in [9.17, 15) is 14.0 Å². The first kappa shape index (κ1) is 16.5. The van der Waals surface area contributed by atoms with Gasteiger partial charge in [-0.05, 0) is 49.1 Å². The molecular formula is C21H19FN2O2. The molecular weight excluding hydrogens is 331 g/mol. The highest BCUT2D eigenvalue weighted by Gasteiger charge is 2.43. The molecule has 1 fully saturated rings. The summed E-state index contributed by atoms with van der Waals surface area (Å²) >= 11 is 0. The molecule has 0 unspecified atom stereocenters. The van der Waals surface area contributed by atoms with Gasteiger partial charge < -0.3 is 4.90 Å². The molecule has 1 saturated heterocycles. The predicted octanol–water partition coefficient (Wildman–Crippen LogP) is 3.51. The van der Waals surface area contributed by atoms with Crippen LogP contribution in [0.15, 0.2) is 54.2 Å². The molecule has 2 aromatic carbocycles. The van der Waals surface area contributed by atoms with Gasteiger partial charge in [0.05, 0.1) is 11.3 Å². The molecule has 2 amide bonds. The number of amides is 2. The third kappa shape index (κ3) is 2.60. The molecule has 0 N–H and O–H groups in total. The lowest BCUT2D eigenvalue weighted by Gasteiger charge is -2.21. The summed E-state index contributed by atoms with van der Waals surface area (Å²) in [6.07, 6.45) is 1.98. The number of para-hydroxylation sites is 1. The number of imide groups is 1. The fourth-order valence-electron chi connectivity index (χ4n) is 3.66. The minimum atomic E-state index is -0.371. The van der Waals surface area contributed by atoms with Gasteiger partial charge in [-0.1, -0.05) is 30.3 Å². The minimum absolute atomic E-state index is 0.300. The van der Waals surface area contributed by atoms with Crippen LogP contribution in [0.4, 0.5) is 10.1 Å². The third-order valence-corrected chi connectivity index (χ3v) is 4.97. The lowest BCUT2D eigenvalue weighted by Crippen LogP contribution is -2.34. The molecule has 0 saturated carbocycles. The van der Waals surface area contributed by atoms with Crippen molar-refractivity contribution in [2.75, 3.05) is 18.0 Å². The topological polar surface area (TPSA) is 40.6 Å². The fraction of sp³-hybridized carbons (Fsp3) is 0.238. The Bertz CT molecular complexity index is 912. The lowest BCUT2D eigenvalue weighted by atomic mass is 10.0. The Morgan fingerprint density at radius 1 is 0.885 bits per heavy atom. The average Bonchev–Trinajstić information content (AvgIpc) is 3.23. The highest BCUT2D eigenvalue weighted by Crippen LogP contribution is 2.37. The van der Waals surface area contributed by atoms with Crippen molar-refractivity contribution in [3.63, 3.8) is 0 Å². The van der Waals surface area contributed by atoms with Crippen molar-refractivity contribution in [1.29, 1.82) is 0 Å². The summed E-state index contributed by atoms with van der Waals surface area (Å²) in [5.74, 6) is -1.02. The first-order valence-electron chi connectivity index (χ1n) is 8.77. The van der Waals surface area contributed by atoms with Gasteiger partial charge in [-0.15, -0.1) is 0 Å². The van der Waals surface area contributed by atoms with Gasteiger partial charge in [0.2, 0.25) is 0 Å². The Kier molecular flexibility index (Phi) is 4.07. The number of nitrogens with zero attached hydrogens (tertiary/aromatic N) is 2. The Hall–Kier alpha value is -2.95. The summed E-state index contributed by atoms with van der Waals surface area (Å²) in [6, 6.07) is 13.1. The summed E-state index contributed by atoms with van der Waals surface area (Å²) in [6.45, 7) is 3.38. The number of hydrogen-bond donors (Lipinski definition) is 0. The molecule has 2 aromatic rings. The van der Waals surface area contributed by atoms with Crippen molar-refractivity contribution in [3.8, 4) is 0 Å². The van der Waals surface area contributed by atoms with E-state index < -0.39 is 0 Å². The molecule has 4 rings (SSSR count). The molecule has 2 aliphatic heterocycles. The van der Waals surface area contributed by atoms with Gasteiger partial charge in [0.15, 0.2) is 0 Å². The van der Waals surface area contributed by atoms with Crippen LogP contribution >= 0.6 is 0 Å². The number of benzene rings is 2. The van der Waals surface area contributed by atoms with Crippen molar-refractivity contribution in [2.24, 2.45) is 0 Å². The minimum Gasteiger partial charge on any atom is -0.366 e. The van der Waals surface area contributed by atoms with Crippen molar-refractivity contribution in [3.05, 3.63) is 71.2 Å². The van der Waals surface area contributed by atoms with Gasteiger partial charge in [0.25, 0.3) is 11.8 Å². The van der Waals surface area contributed by atoms with Gasteiger partial charge in [-0.3, -0.25) is 9.59 Å². The smallest absolute Gasteiger partial charge is 0.282 e. The van der Waals surface area contributed by atoms with E-state index in [1.54, 1.807) is 18.2 Å². The summed E-state index contributed by atoms with van der Waals surface area (Å²) in [7, 11) is 0. The number of carbonyl (C=O) groups is 2. The van der Waals surface area contributed by atoms with Crippen LogP contribution in [0.1, 0.15) is 24.0 Å². The van der Waals surface area contributed by atoms with E-state index in [0.717, 1.165) is 31.5 Å². The Morgan fingerprint density at radius 3 is 2.19 bits per heavy atom. The highest BCUT2D eigenvalue weighted by molar-refractivity contribution is 6.45. The van der Waals surface area contributed by atoms with Gasteiger partial charge >= 0.3 is 0 Å². The van der Waals surface area contributed by atoms with Gasteiger partial charge in [-0.2, -0.15) is 0 Å². The average molecular weight is 350 g/mol.